The number of thiophene rings is 1. The van der Waals surface area contributed by atoms with E-state index >= 15 is 0 Å². The van der Waals surface area contributed by atoms with Crippen LogP contribution < -0.4 is 9.80 Å². The van der Waals surface area contributed by atoms with Crippen molar-refractivity contribution in [3.8, 4) is 16.8 Å². The maximum atomic E-state index is 6.59. The normalized spacial score (nSPS) is 11.8. The monoisotopic (exact) mass is 949 g/mol. The van der Waals surface area contributed by atoms with Crippen LogP contribution in [0.15, 0.2) is 265 Å². The number of benzene rings is 12. The van der Waals surface area contributed by atoms with E-state index in [1.807, 2.05) is 17.4 Å². The molecule has 3 aromatic heterocycles. The fourth-order valence-electron chi connectivity index (χ4n) is 11.5. The standard InChI is InChI=1S/C68H43N3OS/c1-4-19-46(20-5-1)69(49-33-36-56-55-27-14-16-30-63(55)72-64(56)41-49)51-38-45(39-52(40-51)70(47-21-6-2-7-22-47)50-34-37-58-57-28-15-17-31-65(57)73-66(58)42-50)61-43-62-60-35-32-44-18-10-11-25-53(44)67(60)71(48-23-8-3-9-24-48)68(62)59-29-13-12-26-54(59)61/h1-43H. The molecule has 0 atom stereocenters. The first-order valence-corrected chi connectivity index (χ1v) is 25.6. The van der Waals surface area contributed by atoms with Crippen LogP contribution in [0.5, 0.6) is 0 Å². The third kappa shape index (κ3) is 6.67. The predicted octanol–water partition coefficient (Wildman–Crippen LogP) is 20.0. The van der Waals surface area contributed by atoms with E-state index < -0.39 is 0 Å². The minimum Gasteiger partial charge on any atom is -0.456 e. The molecule has 0 unspecified atom stereocenters. The lowest BCUT2D eigenvalue weighted by atomic mass is 9.93. The Bertz CT molecular complexity index is 4450. The van der Waals surface area contributed by atoms with E-state index in [-0.39, 0.29) is 0 Å². The van der Waals surface area contributed by atoms with Crippen LogP contribution in [0.4, 0.5) is 34.1 Å². The van der Waals surface area contributed by atoms with Gasteiger partial charge in [0.05, 0.1) is 11.0 Å². The summed E-state index contributed by atoms with van der Waals surface area (Å²) in [7, 11) is 0. The van der Waals surface area contributed by atoms with Crippen molar-refractivity contribution in [3.63, 3.8) is 0 Å². The molecule has 15 rings (SSSR count). The molecule has 73 heavy (non-hydrogen) atoms. The Hall–Kier alpha value is -9.42. The first-order chi connectivity index (χ1) is 36.2. The highest BCUT2D eigenvalue weighted by atomic mass is 32.1. The van der Waals surface area contributed by atoms with Crippen molar-refractivity contribution in [2.24, 2.45) is 0 Å². The van der Waals surface area contributed by atoms with Crippen LogP contribution in [0.3, 0.4) is 0 Å². The smallest absolute Gasteiger partial charge is 0.137 e. The van der Waals surface area contributed by atoms with Crippen molar-refractivity contribution in [2.45, 2.75) is 0 Å². The second-order valence-electron chi connectivity index (χ2n) is 18.9. The van der Waals surface area contributed by atoms with Crippen LogP contribution in [0.1, 0.15) is 0 Å². The molecule has 12 aromatic carbocycles. The van der Waals surface area contributed by atoms with Crippen molar-refractivity contribution < 1.29 is 4.42 Å². The third-order valence-corrected chi connectivity index (χ3v) is 15.8. The Labute approximate surface area is 425 Å². The summed E-state index contributed by atoms with van der Waals surface area (Å²) in [6, 6.07) is 95.0. The highest BCUT2D eigenvalue weighted by Crippen LogP contribution is 2.49. The van der Waals surface area contributed by atoms with Crippen molar-refractivity contribution in [1.82, 2.24) is 4.57 Å². The molecule has 0 spiro atoms. The molecule has 0 bridgehead atoms. The van der Waals surface area contributed by atoms with Crippen molar-refractivity contribution in [2.75, 3.05) is 9.80 Å². The summed E-state index contributed by atoms with van der Waals surface area (Å²) in [4.78, 5) is 4.81. The minimum atomic E-state index is 0.845. The van der Waals surface area contributed by atoms with Crippen LogP contribution in [0.25, 0.3) is 102 Å². The van der Waals surface area contributed by atoms with Gasteiger partial charge in [-0.05, 0) is 119 Å². The zero-order valence-electron chi connectivity index (χ0n) is 39.5. The average molecular weight is 950 g/mol. The first-order valence-electron chi connectivity index (χ1n) is 24.8. The highest BCUT2D eigenvalue weighted by molar-refractivity contribution is 7.25. The lowest BCUT2D eigenvalue weighted by Gasteiger charge is -2.30. The quantitative estimate of drug-likeness (QED) is 0.152. The van der Waals surface area contributed by atoms with E-state index in [1.165, 1.54) is 63.5 Å². The Balaban J connectivity index is 1.04. The van der Waals surface area contributed by atoms with Crippen LogP contribution in [-0.4, -0.2) is 4.57 Å². The summed E-state index contributed by atoms with van der Waals surface area (Å²) in [5.74, 6) is 0. The van der Waals surface area contributed by atoms with Gasteiger partial charge in [-0.1, -0.05) is 158 Å². The molecule has 0 amide bonds. The molecule has 0 saturated heterocycles. The van der Waals surface area contributed by atoms with Crippen LogP contribution in [0.2, 0.25) is 0 Å². The van der Waals surface area contributed by atoms with Gasteiger partial charge in [-0.25, -0.2) is 0 Å². The number of fused-ring (bicyclic) bond motifs is 13. The molecule has 15 aromatic rings. The SMILES string of the molecule is c1ccc(N(c2cc(-c3cc4c5ccc6ccccc6c5n(-c5ccccc5)c4c4ccccc34)cc(N(c3ccccc3)c3ccc4c(c3)sc3ccccc34)c2)c2ccc3c(c2)oc2ccccc23)cc1. The molecule has 0 radical (unpaired) electrons. The Morgan fingerprint density at radius 1 is 0.301 bits per heavy atom. The molecule has 3 heterocycles. The van der Waals surface area contributed by atoms with Gasteiger partial charge in [-0.15, -0.1) is 11.3 Å². The topological polar surface area (TPSA) is 24.6 Å². The van der Waals surface area contributed by atoms with Crippen molar-refractivity contribution >= 4 is 131 Å². The zero-order valence-corrected chi connectivity index (χ0v) is 40.3. The van der Waals surface area contributed by atoms with Crippen LogP contribution in [0, 0.1) is 0 Å². The fraction of sp³-hybridized carbons (Fsp3) is 0. The van der Waals surface area contributed by atoms with Crippen molar-refractivity contribution in [1.29, 1.82) is 0 Å². The highest BCUT2D eigenvalue weighted by Gasteiger charge is 2.24. The van der Waals surface area contributed by atoms with E-state index in [2.05, 4.69) is 269 Å². The molecule has 0 saturated carbocycles. The fourth-order valence-corrected chi connectivity index (χ4v) is 12.6. The average Bonchev–Trinajstić information content (AvgIpc) is 4.14. The summed E-state index contributed by atoms with van der Waals surface area (Å²) in [6.45, 7) is 0. The van der Waals surface area contributed by atoms with E-state index in [1.54, 1.807) is 0 Å². The number of hydrogen-bond donors (Lipinski definition) is 0. The number of para-hydroxylation sites is 4. The van der Waals surface area contributed by atoms with Gasteiger partial charge in [0, 0.05) is 98.4 Å². The third-order valence-electron chi connectivity index (χ3n) is 14.7. The lowest BCUT2D eigenvalue weighted by Crippen LogP contribution is -2.13. The molecule has 5 heteroatoms. The van der Waals surface area contributed by atoms with E-state index in [9.17, 15) is 0 Å². The van der Waals surface area contributed by atoms with Gasteiger partial charge < -0.3 is 18.8 Å². The Kier molecular flexibility index (Phi) is 9.41. The Morgan fingerprint density at radius 2 is 0.822 bits per heavy atom. The number of hydrogen-bond acceptors (Lipinski definition) is 4. The molecule has 0 N–H and O–H groups in total. The number of furan rings is 1. The number of aromatic nitrogens is 1. The van der Waals surface area contributed by atoms with Gasteiger partial charge in [0.15, 0.2) is 0 Å². The molecular weight excluding hydrogens is 907 g/mol. The minimum absolute atomic E-state index is 0.845. The van der Waals surface area contributed by atoms with Gasteiger partial charge in [0.1, 0.15) is 11.2 Å². The predicted molar refractivity (Wildman–Crippen MR) is 311 cm³/mol. The number of nitrogens with zero attached hydrogens (tertiary/aromatic N) is 3. The second kappa shape index (κ2) is 16.6. The van der Waals surface area contributed by atoms with Gasteiger partial charge >= 0.3 is 0 Å². The largest absolute Gasteiger partial charge is 0.456 e. The van der Waals surface area contributed by atoms with Crippen LogP contribution >= 0.6 is 11.3 Å². The van der Waals surface area contributed by atoms with E-state index in [4.69, 9.17) is 4.42 Å². The molecule has 0 aliphatic rings. The van der Waals surface area contributed by atoms with Gasteiger partial charge in [-0.3, -0.25) is 0 Å². The van der Waals surface area contributed by atoms with Crippen LogP contribution in [-0.2, 0) is 0 Å². The van der Waals surface area contributed by atoms with Gasteiger partial charge in [0.2, 0.25) is 0 Å². The van der Waals surface area contributed by atoms with E-state index in [0.29, 0.717) is 0 Å². The molecule has 4 nitrogen and oxygen atoms in total. The molecular formula is C68H43N3OS. The Morgan fingerprint density at radius 3 is 1.56 bits per heavy atom. The second-order valence-corrected chi connectivity index (χ2v) is 19.9. The number of anilines is 6. The molecule has 0 aliphatic carbocycles. The zero-order chi connectivity index (χ0) is 48.0. The maximum absolute atomic E-state index is 6.59. The van der Waals surface area contributed by atoms with E-state index in [0.717, 1.165) is 72.9 Å². The number of rotatable bonds is 8. The molecule has 0 fully saturated rings. The lowest BCUT2D eigenvalue weighted by molar-refractivity contribution is 0.669. The van der Waals surface area contributed by atoms with Crippen molar-refractivity contribution in [3.05, 3.63) is 261 Å². The molecule has 0 aliphatic heterocycles. The maximum Gasteiger partial charge on any atom is 0.137 e. The van der Waals surface area contributed by atoms with Gasteiger partial charge in [0.25, 0.3) is 0 Å². The molecule has 342 valence electrons. The summed E-state index contributed by atoms with van der Waals surface area (Å²) >= 11 is 1.85. The first kappa shape index (κ1) is 41.4. The summed E-state index contributed by atoms with van der Waals surface area (Å²) in [6.07, 6.45) is 0. The van der Waals surface area contributed by atoms with Gasteiger partial charge in [-0.2, -0.15) is 0 Å². The summed E-state index contributed by atoms with van der Waals surface area (Å²) in [5, 5.41) is 12.0. The summed E-state index contributed by atoms with van der Waals surface area (Å²) in [5.41, 5.74) is 13.7. The summed E-state index contributed by atoms with van der Waals surface area (Å²) < 4.78 is 11.6.